The third-order valence-corrected chi connectivity index (χ3v) is 3.03. The third kappa shape index (κ3) is 2.53. The Labute approximate surface area is 102 Å². The van der Waals surface area contributed by atoms with Gasteiger partial charge in [-0.15, -0.1) is 0 Å². The summed E-state index contributed by atoms with van der Waals surface area (Å²) in [6.45, 7) is 1.51. The molecular formula is C13H18N3O+. The Hall–Kier alpha value is -1.68. The van der Waals surface area contributed by atoms with Gasteiger partial charge < -0.3 is 5.32 Å². The van der Waals surface area contributed by atoms with Crippen LogP contribution in [0, 0.1) is 0 Å². The SMILES string of the molecule is CC(=O)NC1=N[N+](C)(C)C(c2ccccc2)C1. The van der Waals surface area contributed by atoms with E-state index >= 15 is 0 Å². The summed E-state index contributed by atoms with van der Waals surface area (Å²) in [5, 5.41) is 7.33. The number of nitrogens with zero attached hydrogens (tertiary/aromatic N) is 2. The van der Waals surface area contributed by atoms with Crippen molar-refractivity contribution < 1.29 is 9.39 Å². The molecule has 1 aromatic carbocycles. The van der Waals surface area contributed by atoms with Gasteiger partial charge in [-0.1, -0.05) is 35.4 Å². The van der Waals surface area contributed by atoms with Crippen LogP contribution in [-0.2, 0) is 4.79 Å². The van der Waals surface area contributed by atoms with Crippen molar-refractivity contribution >= 4 is 11.7 Å². The number of amidine groups is 1. The summed E-state index contributed by atoms with van der Waals surface area (Å²) >= 11 is 0. The van der Waals surface area contributed by atoms with Crippen molar-refractivity contribution in [3.05, 3.63) is 35.9 Å². The molecule has 0 aromatic heterocycles. The van der Waals surface area contributed by atoms with E-state index in [1.54, 1.807) is 0 Å². The summed E-state index contributed by atoms with van der Waals surface area (Å²) in [4.78, 5) is 11.1. The lowest BCUT2D eigenvalue weighted by Crippen LogP contribution is -2.33. The maximum Gasteiger partial charge on any atom is 0.222 e. The van der Waals surface area contributed by atoms with Crippen LogP contribution in [0.2, 0.25) is 0 Å². The Balaban J connectivity index is 2.21. The van der Waals surface area contributed by atoms with E-state index in [1.165, 1.54) is 12.5 Å². The second-order valence-electron chi connectivity index (χ2n) is 4.84. The molecule has 1 heterocycles. The van der Waals surface area contributed by atoms with E-state index < -0.39 is 0 Å². The van der Waals surface area contributed by atoms with Crippen molar-refractivity contribution in [2.75, 3.05) is 14.1 Å². The zero-order chi connectivity index (χ0) is 12.5. The zero-order valence-corrected chi connectivity index (χ0v) is 10.5. The van der Waals surface area contributed by atoms with E-state index in [-0.39, 0.29) is 11.9 Å². The summed E-state index contributed by atoms with van der Waals surface area (Å²) in [6, 6.07) is 10.6. The molecule has 1 aromatic rings. The minimum Gasteiger partial charge on any atom is -0.310 e. The summed E-state index contributed by atoms with van der Waals surface area (Å²) < 4.78 is 0.527. The van der Waals surface area contributed by atoms with E-state index in [9.17, 15) is 4.79 Å². The Morgan fingerprint density at radius 1 is 1.35 bits per heavy atom. The van der Waals surface area contributed by atoms with Gasteiger partial charge in [-0.3, -0.25) is 4.79 Å². The number of nitrogens with one attached hydrogen (secondary N) is 1. The highest BCUT2D eigenvalue weighted by atomic mass is 16.1. The lowest BCUT2D eigenvalue weighted by molar-refractivity contribution is -0.921. The highest BCUT2D eigenvalue weighted by Crippen LogP contribution is 2.33. The maximum atomic E-state index is 11.1. The van der Waals surface area contributed by atoms with E-state index in [0.29, 0.717) is 4.59 Å². The molecule has 0 spiro atoms. The number of hydrogen-bond acceptors (Lipinski definition) is 2. The number of rotatable bonds is 1. The van der Waals surface area contributed by atoms with Crippen LogP contribution < -0.4 is 5.32 Å². The number of benzene rings is 1. The van der Waals surface area contributed by atoms with Gasteiger partial charge in [-0.2, -0.15) is 4.59 Å². The standard InChI is InChI=1S/C13H17N3O/c1-10(17)14-13-9-12(16(2,3)15-13)11-7-5-4-6-8-11/h4-8,12H,9H2,1-3H3/p+1. The molecule has 1 amide bonds. The predicted octanol–water partition coefficient (Wildman–Crippen LogP) is 1.66. The topological polar surface area (TPSA) is 41.5 Å². The third-order valence-electron chi connectivity index (χ3n) is 3.03. The van der Waals surface area contributed by atoms with Crippen molar-refractivity contribution in [1.82, 2.24) is 5.32 Å². The fourth-order valence-corrected chi connectivity index (χ4v) is 2.27. The van der Waals surface area contributed by atoms with Gasteiger partial charge in [0.1, 0.15) is 6.04 Å². The number of hydrogen-bond donors (Lipinski definition) is 1. The minimum absolute atomic E-state index is 0.0579. The Morgan fingerprint density at radius 3 is 2.59 bits per heavy atom. The largest absolute Gasteiger partial charge is 0.310 e. The van der Waals surface area contributed by atoms with Crippen molar-refractivity contribution in [1.29, 1.82) is 0 Å². The molecule has 1 N–H and O–H groups in total. The second kappa shape index (κ2) is 4.30. The molecule has 0 radical (unpaired) electrons. The number of carbonyl (C=O) groups is 1. The molecule has 4 nitrogen and oxygen atoms in total. The fraction of sp³-hybridized carbons (Fsp3) is 0.385. The van der Waals surface area contributed by atoms with Crippen molar-refractivity contribution in [3.63, 3.8) is 0 Å². The minimum atomic E-state index is -0.0579. The summed E-state index contributed by atoms with van der Waals surface area (Å²) in [5.41, 5.74) is 1.25. The average Bonchev–Trinajstić information content (AvgIpc) is 2.53. The number of quaternary nitrogens is 1. The molecule has 17 heavy (non-hydrogen) atoms. The monoisotopic (exact) mass is 232 g/mol. The fourth-order valence-electron chi connectivity index (χ4n) is 2.27. The highest BCUT2D eigenvalue weighted by molar-refractivity contribution is 5.97. The van der Waals surface area contributed by atoms with E-state index in [0.717, 1.165) is 12.3 Å². The molecule has 0 saturated carbocycles. The molecule has 0 fully saturated rings. The molecule has 4 heteroatoms. The van der Waals surface area contributed by atoms with Crippen molar-refractivity contribution in [3.8, 4) is 0 Å². The van der Waals surface area contributed by atoms with Gasteiger partial charge in [0, 0.05) is 12.5 Å². The van der Waals surface area contributed by atoms with Crippen LogP contribution in [0.25, 0.3) is 0 Å². The first-order valence-corrected chi connectivity index (χ1v) is 5.74. The molecule has 2 rings (SSSR count). The van der Waals surface area contributed by atoms with Gasteiger partial charge in [-0.05, 0) is 0 Å². The predicted molar refractivity (Wildman–Crippen MR) is 67.2 cm³/mol. The first-order valence-electron chi connectivity index (χ1n) is 5.74. The van der Waals surface area contributed by atoms with Crippen molar-refractivity contribution in [2.45, 2.75) is 19.4 Å². The summed E-state index contributed by atoms with van der Waals surface area (Å²) in [6.07, 6.45) is 0.774. The number of carbonyl (C=O) groups excluding carboxylic acids is 1. The lowest BCUT2D eigenvalue weighted by Gasteiger charge is -2.26. The molecule has 0 saturated heterocycles. The normalized spacial score (nSPS) is 22.1. The van der Waals surface area contributed by atoms with Crippen LogP contribution in [0.1, 0.15) is 24.9 Å². The molecule has 1 aliphatic rings. The van der Waals surface area contributed by atoms with Crippen LogP contribution >= 0.6 is 0 Å². The molecular weight excluding hydrogens is 214 g/mol. The Morgan fingerprint density at radius 2 is 2.00 bits per heavy atom. The van der Waals surface area contributed by atoms with Gasteiger partial charge in [-0.25, -0.2) is 0 Å². The summed E-state index contributed by atoms with van der Waals surface area (Å²) in [7, 11) is 4.10. The number of amides is 1. The quantitative estimate of drug-likeness (QED) is 0.735. The Kier molecular flexibility index (Phi) is 2.98. The summed E-state index contributed by atoms with van der Waals surface area (Å²) in [5.74, 6) is 0.716. The lowest BCUT2D eigenvalue weighted by atomic mass is 10.0. The van der Waals surface area contributed by atoms with Gasteiger partial charge in [0.2, 0.25) is 5.91 Å². The van der Waals surface area contributed by atoms with Crippen LogP contribution in [0.5, 0.6) is 0 Å². The van der Waals surface area contributed by atoms with Crippen LogP contribution in [0.3, 0.4) is 0 Å². The first kappa shape index (κ1) is 11.8. The van der Waals surface area contributed by atoms with Crippen LogP contribution in [0.15, 0.2) is 35.4 Å². The van der Waals surface area contributed by atoms with Gasteiger partial charge >= 0.3 is 0 Å². The van der Waals surface area contributed by atoms with Crippen LogP contribution in [0.4, 0.5) is 0 Å². The van der Waals surface area contributed by atoms with Gasteiger partial charge in [0.15, 0.2) is 5.84 Å². The second-order valence-corrected chi connectivity index (χ2v) is 4.84. The molecule has 90 valence electrons. The molecule has 1 atom stereocenters. The van der Waals surface area contributed by atoms with E-state index in [4.69, 9.17) is 0 Å². The van der Waals surface area contributed by atoms with Gasteiger partial charge in [0.25, 0.3) is 0 Å². The molecule has 1 aliphatic heterocycles. The van der Waals surface area contributed by atoms with E-state index in [1.807, 2.05) is 32.3 Å². The molecule has 1 unspecified atom stereocenters. The van der Waals surface area contributed by atoms with Crippen LogP contribution in [-0.4, -0.2) is 30.4 Å². The molecule has 0 aliphatic carbocycles. The maximum absolute atomic E-state index is 11.1. The first-order chi connectivity index (χ1) is 7.99. The Bertz CT molecular complexity index is 451. The zero-order valence-electron chi connectivity index (χ0n) is 10.5. The average molecular weight is 232 g/mol. The van der Waals surface area contributed by atoms with Crippen molar-refractivity contribution in [2.24, 2.45) is 5.10 Å². The van der Waals surface area contributed by atoms with Gasteiger partial charge in [0.05, 0.1) is 20.5 Å². The smallest absolute Gasteiger partial charge is 0.222 e. The molecule has 0 bridgehead atoms. The highest BCUT2D eigenvalue weighted by Gasteiger charge is 2.38. The van der Waals surface area contributed by atoms with E-state index in [2.05, 4.69) is 22.6 Å².